The van der Waals surface area contributed by atoms with E-state index in [0.29, 0.717) is 3.92 Å². The van der Waals surface area contributed by atoms with Crippen LogP contribution < -0.4 is 5.01 Å². The number of hydrogen-bond donors (Lipinski definition) is 0. The van der Waals surface area contributed by atoms with Crippen LogP contribution >= 0.6 is 22.6 Å². The summed E-state index contributed by atoms with van der Waals surface area (Å²) in [6, 6.07) is 12.5. The van der Waals surface area contributed by atoms with E-state index >= 15 is 0 Å². The molecule has 1 aliphatic rings. The Hall–Kier alpha value is -1.60. The van der Waals surface area contributed by atoms with E-state index in [1.165, 1.54) is 5.56 Å². The molecule has 1 atom stereocenters. The Balaban J connectivity index is 2.09. The van der Waals surface area contributed by atoms with Crippen molar-refractivity contribution in [3.05, 3.63) is 66.0 Å². The summed E-state index contributed by atoms with van der Waals surface area (Å²) in [4.78, 5) is 4.43. The maximum absolute atomic E-state index is 4.43. The van der Waals surface area contributed by atoms with Crippen molar-refractivity contribution in [2.24, 2.45) is 0 Å². The van der Waals surface area contributed by atoms with Crippen LogP contribution in [0.1, 0.15) is 16.4 Å². The predicted molar refractivity (Wildman–Crippen MR) is 94.8 cm³/mol. The lowest BCUT2D eigenvalue weighted by Gasteiger charge is -2.36. The number of anilines is 1. The highest BCUT2D eigenvalue weighted by molar-refractivity contribution is 14.1. The standard InChI is InChI=1S/C16H16IN4/c1-12(17)14-7-6-13(15-5-3-4-8-18-15)11-16(14)21-10-9-19-20(21)2/h3-12H,1-2H3/q-1. The SMILES string of the molecule is CC(I)c1ccc(-c2ccccn2)cc1N1C=C[N-]N1C. The largest absolute Gasteiger partial charge is 0.606 e. The van der Waals surface area contributed by atoms with Crippen LogP contribution in [0.3, 0.4) is 0 Å². The summed E-state index contributed by atoms with van der Waals surface area (Å²) in [6.45, 7) is 2.19. The summed E-state index contributed by atoms with van der Waals surface area (Å²) < 4.78 is 0.415. The topological polar surface area (TPSA) is 33.5 Å². The molecule has 1 unspecified atom stereocenters. The molecule has 2 heterocycles. The van der Waals surface area contributed by atoms with E-state index in [0.717, 1.165) is 16.9 Å². The van der Waals surface area contributed by atoms with E-state index in [4.69, 9.17) is 0 Å². The molecule has 4 nitrogen and oxygen atoms in total. The molecule has 0 N–H and O–H groups in total. The number of hydrogen-bond acceptors (Lipinski definition) is 3. The Morgan fingerprint density at radius 3 is 2.71 bits per heavy atom. The molecule has 0 radical (unpaired) electrons. The summed E-state index contributed by atoms with van der Waals surface area (Å²) in [5.41, 5.74) is 8.77. The average Bonchev–Trinajstić information content (AvgIpc) is 2.93. The fourth-order valence-corrected chi connectivity index (χ4v) is 2.88. The number of aromatic nitrogens is 1. The first-order valence-electron chi connectivity index (χ1n) is 6.76. The molecule has 0 saturated carbocycles. The van der Waals surface area contributed by atoms with Gasteiger partial charge in [0.1, 0.15) is 0 Å². The predicted octanol–water partition coefficient (Wildman–Crippen LogP) is 4.67. The van der Waals surface area contributed by atoms with Gasteiger partial charge in [0, 0.05) is 15.7 Å². The number of pyridine rings is 1. The number of halogens is 1. The van der Waals surface area contributed by atoms with E-state index in [2.05, 4.69) is 63.1 Å². The van der Waals surface area contributed by atoms with E-state index in [1.807, 2.05) is 42.8 Å². The van der Waals surface area contributed by atoms with Gasteiger partial charge in [0.15, 0.2) is 0 Å². The van der Waals surface area contributed by atoms with Gasteiger partial charge >= 0.3 is 0 Å². The Kier molecular flexibility index (Phi) is 4.12. The highest BCUT2D eigenvalue weighted by Crippen LogP contribution is 2.37. The van der Waals surface area contributed by atoms with Gasteiger partial charge in [-0.2, -0.15) is 0 Å². The van der Waals surface area contributed by atoms with Gasteiger partial charge in [0.2, 0.25) is 0 Å². The van der Waals surface area contributed by atoms with Crippen LogP contribution in [0.4, 0.5) is 5.69 Å². The minimum Gasteiger partial charge on any atom is -0.606 e. The van der Waals surface area contributed by atoms with Crippen LogP contribution in [-0.2, 0) is 0 Å². The molecular weight excluding hydrogens is 375 g/mol. The molecule has 5 heteroatoms. The second kappa shape index (κ2) is 6.03. The van der Waals surface area contributed by atoms with Crippen LogP contribution in [-0.4, -0.2) is 17.1 Å². The minimum atomic E-state index is 0.415. The molecule has 2 aromatic rings. The molecule has 0 fully saturated rings. The molecular formula is C16H16IN4-. The van der Waals surface area contributed by atoms with Gasteiger partial charge in [-0.1, -0.05) is 40.8 Å². The Labute approximate surface area is 138 Å². The molecule has 0 spiro atoms. The number of benzene rings is 1. The van der Waals surface area contributed by atoms with Crippen molar-refractivity contribution in [1.82, 2.24) is 10.1 Å². The van der Waals surface area contributed by atoms with Crippen molar-refractivity contribution in [3.63, 3.8) is 0 Å². The van der Waals surface area contributed by atoms with E-state index in [-0.39, 0.29) is 0 Å². The zero-order chi connectivity index (χ0) is 14.8. The highest BCUT2D eigenvalue weighted by atomic mass is 127. The lowest BCUT2D eigenvalue weighted by molar-refractivity contribution is 0.457. The highest BCUT2D eigenvalue weighted by Gasteiger charge is 2.16. The second-order valence-electron chi connectivity index (χ2n) is 4.85. The Morgan fingerprint density at radius 1 is 1.24 bits per heavy atom. The van der Waals surface area contributed by atoms with Crippen molar-refractivity contribution >= 4 is 28.3 Å². The fraction of sp³-hybridized carbons (Fsp3) is 0.188. The molecule has 1 aliphatic heterocycles. The van der Waals surface area contributed by atoms with E-state index in [9.17, 15) is 0 Å². The number of hydrazine groups is 1. The van der Waals surface area contributed by atoms with Crippen molar-refractivity contribution < 1.29 is 0 Å². The average molecular weight is 391 g/mol. The van der Waals surface area contributed by atoms with Crippen LogP contribution in [0.2, 0.25) is 0 Å². The molecule has 0 aliphatic carbocycles. The van der Waals surface area contributed by atoms with Gasteiger partial charge < -0.3 is 5.43 Å². The van der Waals surface area contributed by atoms with Crippen LogP contribution in [0.5, 0.6) is 0 Å². The minimum absolute atomic E-state index is 0.415. The molecule has 108 valence electrons. The van der Waals surface area contributed by atoms with Crippen molar-refractivity contribution in [3.8, 4) is 11.3 Å². The monoisotopic (exact) mass is 391 g/mol. The molecule has 1 aromatic heterocycles. The van der Waals surface area contributed by atoms with Gasteiger partial charge in [-0.25, -0.2) is 0 Å². The molecule has 21 heavy (non-hydrogen) atoms. The van der Waals surface area contributed by atoms with Crippen molar-refractivity contribution in [1.29, 1.82) is 0 Å². The summed E-state index contributed by atoms with van der Waals surface area (Å²) in [5.74, 6) is 0. The molecule has 3 rings (SSSR count). The smallest absolute Gasteiger partial charge is 0.0702 e. The number of alkyl halides is 1. The summed E-state index contributed by atoms with van der Waals surface area (Å²) in [7, 11) is 1.94. The molecule has 1 aromatic carbocycles. The number of nitrogens with zero attached hydrogens (tertiary/aromatic N) is 4. The second-order valence-corrected chi connectivity index (χ2v) is 6.72. The first kappa shape index (κ1) is 14.3. The molecule has 0 bridgehead atoms. The van der Waals surface area contributed by atoms with Crippen LogP contribution in [0, 0.1) is 0 Å². The third-order valence-electron chi connectivity index (χ3n) is 3.42. The lowest BCUT2D eigenvalue weighted by atomic mass is 10.0. The summed E-state index contributed by atoms with van der Waals surface area (Å²) in [6.07, 6.45) is 5.59. The van der Waals surface area contributed by atoms with Gasteiger partial charge in [0.25, 0.3) is 0 Å². The third kappa shape index (κ3) is 2.89. The van der Waals surface area contributed by atoms with E-state index < -0.39 is 0 Å². The Bertz CT molecular complexity index is 655. The van der Waals surface area contributed by atoms with Crippen LogP contribution in [0.25, 0.3) is 16.7 Å². The fourth-order valence-electron chi connectivity index (χ4n) is 2.35. The summed E-state index contributed by atoms with van der Waals surface area (Å²) >= 11 is 2.44. The third-order valence-corrected chi connectivity index (χ3v) is 4.09. The molecule has 0 amide bonds. The van der Waals surface area contributed by atoms with Gasteiger partial charge in [0.05, 0.1) is 11.4 Å². The quantitative estimate of drug-likeness (QED) is 0.563. The number of rotatable bonds is 3. The van der Waals surface area contributed by atoms with Gasteiger partial charge in [-0.05, 0) is 43.9 Å². The van der Waals surface area contributed by atoms with E-state index in [1.54, 1.807) is 6.20 Å². The first-order chi connectivity index (χ1) is 10.2. The Morgan fingerprint density at radius 2 is 2.10 bits per heavy atom. The zero-order valence-corrected chi connectivity index (χ0v) is 14.1. The summed E-state index contributed by atoms with van der Waals surface area (Å²) in [5, 5.41) is 3.89. The molecule has 0 saturated heterocycles. The van der Waals surface area contributed by atoms with Gasteiger partial charge in [-0.15, -0.1) is 6.20 Å². The zero-order valence-electron chi connectivity index (χ0n) is 11.9. The maximum Gasteiger partial charge on any atom is 0.0702 e. The lowest BCUT2D eigenvalue weighted by Crippen LogP contribution is -2.28. The van der Waals surface area contributed by atoms with Crippen molar-refractivity contribution in [2.75, 3.05) is 12.1 Å². The first-order valence-corrected chi connectivity index (χ1v) is 8.01. The van der Waals surface area contributed by atoms with Gasteiger partial charge in [-0.3, -0.25) is 15.1 Å². The maximum atomic E-state index is 4.43. The normalized spacial score (nSPS) is 16.0. The van der Waals surface area contributed by atoms with Crippen molar-refractivity contribution in [2.45, 2.75) is 10.8 Å². The van der Waals surface area contributed by atoms with Crippen LogP contribution in [0.15, 0.2) is 55.0 Å².